The van der Waals surface area contributed by atoms with E-state index in [1.807, 2.05) is 11.8 Å². The molecular formula is C14H24N2O3S. The third kappa shape index (κ3) is 3.40. The van der Waals surface area contributed by atoms with Gasteiger partial charge in [0, 0.05) is 24.4 Å². The summed E-state index contributed by atoms with van der Waals surface area (Å²) < 4.78 is 0. The van der Waals surface area contributed by atoms with Crippen molar-refractivity contribution < 1.29 is 14.7 Å². The van der Waals surface area contributed by atoms with Gasteiger partial charge in [-0.1, -0.05) is 6.42 Å². The standard InChI is InChI=1S/C14H24N2O3S/c1-14(12(17)18)6-7-16(9-14)13(19)15-10-4-3-5-11(8-10)20-2/h10-11H,3-9H2,1-2H3,(H,15,19)(H,17,18). The molecule has 2 amide bonds. The second-order valence-corrected chi connectivity index (χ2v) is 7.35. The molecule has 1 aliphatic carbocycles. The summed E-state index contributed by atoms with van der Waals surface area (Å²) >= 11 is 1.87. The third-order valence-electron chi connectivity index (χ3n) is 4.56. The van der Waals surface area contributed by atoms with Crippen LogP contribution in [-0.4, -0.2) is 52.6 Å². The predicted molar refractivity (Wildman–Crippen MR) is 80.0 cm³/mol. The molecule has 114 valence electrons. The highest BCUT2D eigenvalue weighted by Gasteiger charge is 2.42. The number of rotatable bonds is 3. The highest BCUT2D eigenvalue weighted by Crippen LogP contribution is 2.31. The molecule has 0 aromatic carbocycles. The molecule has 2 rings (SSSR count). The summed E-state index contributed by atoms with van der Waals surface area (Å²) in [7, 11) is 0. The Kier molecular flexibility index (Phi) is 4.83. The van der Waals surface area contributed by atoms with E-state index in [1.54, 1.807) is 11.8 Å². The summed E-state index contributed by atoms with van der Waals surface area (Å²) in [5.74, 6) is -0.812. The zero-order chi connectivity index (χ0) is 14.8. The number of carboxylic acids is 1. The Labute approximate surface area is 124 Å². The fraction of sp³-hybridized carbons (Fsp3) is 0.857. The molecule has 0 spiro atoms. The Morgan fingerprint density at radius 2 is 2.15 bits per heavy atom. The zero-order valence-corrected chi connectivity index (χ0v) is 13.0. The van der Waals surface area contributed by atoms with E-state index in [4.69, 9.17) is 0 Å². The minimum absolute atomic E-state index is 0.0956. The summed E-state index contributed by atoms with van der Waals surface area (Å²) in [6.45, 7) is 2.56. The average molecular weight is 300 g/mol. The van der Waals surface area contributed by atoms with Gasteiger partial charge in [-0.2, -0.15) is 11.8 Å². The first-order valence-corrected chi connectivity index (χ1v) is 8.55. The molecule has 6 heteroatoms. The van der Waals surface area contributed by atoms with Crippen LogP contribution >= 0.6 is 11.8 Å². The number of amides is 2. The van der Waals surface area contributed by atoms with E-state index in [0.29, 0.717) is 24.8 Å². The molecule has 5 nitrogen and oxygen atoms in total. The van der Waals surface area contributed by atoms with Gasteiger partial charge in [0.2, 0.25) is 0 Å². The van der Waals surface area contributed by atoms with Gasteiger partial charge in [-0.05, 0) is 38.9 Å². The van der Waals surface area contributed by atoms with Crippen molar-refractivity contribution in [2.75, 3.05) is 19.3 Å². The average Bonchev–Trinajstić information content (AvgIpc) is 2.83. The maximum Gasteiger partial charge on any atom is 0.317 e. The van der Waals surface area contributed by atoms with E-state index >= 15 is 0 Å². The van der Waals surface area contributed by atoms with Gasteiger partial charge < -0.3 is 15.3 Å². The van der Waals surface area contributed by atoms with Gasteiger partial charge >= 0.3 is 12.0 Å². The van der Waals surface area contributed by atoms with Gasteiger partial charge in [-0.25, -0.2) is 4.79 Å². The molecule has 20 heavy (non-hydrogen) atoms. The van der Waals surface area contributed by atoms with Gasteiger partial charge in [0.05, 0.1) is 5.41 Å². The normalized spacial score (nSPS) is 34.0. The van der Waals surface area contributed by atoms with E-state index in [9.17, 15) is 14.7 Å². The molecule has 0 bridgehead atoms. The Hall–Kier alpha value is -0.910. The van der Waals surface area contributed by atoms with E-state index in [2.05, 4.69) is 11.6 Å². The van der Waals surface area contributed by atoms with Crippen molar-refractivity contribution >= 4 is 23.8 Å². The molecule has 3 atom stereocenters. The lowest BCUT2D eigenvalue weighted by Crippen LogP contribution is -2.46. The number of thioether (sulfide) groups is 1. The van der Waals surface area contributed by atoms with Crippen LogP contribution in [-0.2, 0) is 4.79 Å². The van der Waals surface area contributed by atoms with Gasteiger partial charge in [0.15, 0.2) is 0 Å². The van der Waals surface area contributed by atoms with E-state index in [-0.39, 0.29) is 12.1 Å². The van der Waals surface area contributed by atoms with Crippen LogP contribution in [0.25, 0.3) is 0 Å². The fourth-order valence-corrected chi connectivity index (χ4v) is 3.89. The lowest BCUT2D eigenvalue weighted by Gasteiger charge is -2.30. The lowest BCUT2D eigenvalue weighted by molar-refractivity contribution is -0.146. The van der Waals surface area contributed by atoms with Crippen LogP contribution in [0.2, 0.25) is 0 Å². The number of carbonyl (C=O) groups is 2. The fourth-order valence-electron chi connectivity index (χ4n) is 3.07. The Morgan fingerprint density at radius 3 is 2.75 bits per heavy atom. The number of carbonyl (C=O) groups excluding carboxylic acids is 1. The van der Waals surface area contributed by atoms with Crippen molar-refractivity contribution in [3.63, 3.8) is 0 Å². The van der Waals surface area contributed by atoms with Crippen molar-refractivity contribution in [2.24, 2.45) is 5.41 Å². The maximum atomic E-state index is 12.2. The van der Waals surface area contributed by atoms with Crippen molar-refractivity contribution in [3.8, 4) is 0 Å². The number of urea groups is 1. The third-order valence-corrected chi connectivity index (χ3v) is 5.66. The number of carboxylic acid groups (broad SMARTS) is 1. The molecule has 1 saturated carbocycles. The smallest absolute Gasteiger partial charge is 0.317 e. The summed E-state index contributed by atoms with van der Waals surface area (Å²) in [5, 5.41) is 12.9. The molecule has 0 aromatic rings. The first kappa shape index (κ1) is 15.5. The second-order valence-electron chi connectivity index (χ2n) is 6.21. The van der Waals surface area contributed by atoms with Gasteiger partial charge in [0.25, 0.3) is 0 Å². The molecule has 2 fully saturated rings. The van der Waals surface area contributed by atoms with Crippen molar-refractivity contribution in [3.05, 3.63) is 0 Å². The van der Waals surface area contributed by atoms with Crippen LogP contribution in [0.4, 0.5) is 4.79 Å². The van der Waals surface area contributed by atoms with Gasteiger partial charge in [-0.15, -0.1) is 0 Å². The highest BCUT2D eigenvalue weighted by molar-refractivity contribution is 7.99. The number of nitrogens with zero attached hydrogens (tertiary/aromatic N) is 1. The Balaban J connectivity index is 1.85. The van der Waals surface area contributed by atoms with Crippen molar-refractivity contribution in [2.45, 2.75) is 50.3 Å². The van der Waals surface area contributed by atoms with E-state index < -0.39 is 11.4 Å². The van der Waals surface area contributed by atoms with Crippen LogP contribution in [0.5, 0.6) is 0 Å². The van der Waals surface area contributed by atoms with Crippen LogP contribution in [0, 0.1) is 5.41 Å². The Morgan fingerprint density at radius 1 is 1.40 bits per heavy atom. The molecule has 2 N–H and O–H groups in total. The monoisotopic (exact) mass is 300 g/mol. The van der Waals surface area contributed by atoms with Crippen LogP contribution in [0.3, 0.4) is 0 Å². The van der Waals surface area contributed by atoms with Crippen LogP contribution in [0.15, 0.2) is 0 Å². The van der Waals surface area contributed by atoms with Crippen LogP contribution < -0.4 is 5.32 Å². The lowest BCUT2D eigenvalue weighted by atomic mass is 9.90. The van der Waals surface area contributed by atoms with Gasteiger partial charge in [-0.3, -0.25) is 4.79 Å². The predicted octanol–water partition coefficient (Wildman–Crippen LogP) is 2.17. The molecule has 1 heterocycles. The quantitative estimate of drug-likeness (QED) is 0.838. The van der Waals surface area contributed by atoms with E-state index in [1.165, 1.54) is 6.42 Å². The number of aliphatic carboxylic acids is 1. The molecule has 1 aliphatic heterocycles. The molecule has 0 aromatic heterocycles. The minimum Gasteiger partial charge on any atom is -0.481 e. The number of hydrogen-bond acceptors (Lipinski definition) is 3. The molecule has 3 unspecified atom stereocenters. The SMILES string of the molecule is CSC1CCCC(NC(=O)N2CCC(C)(C(=O)O)C2)C1. The highest BCUT2D eigenvalue weighted by atomic mass is 32.2. The topological polar surface area (TPSA) is 69.6 Å². The summed E-state index contributed by atoms with van der Waals surface area (Å²) in [6.07, 6.45) is 7.10. The van der Waals surface area contributed by atoms with Crippen LogP contribution in [0.1, 0.15) is 39.0 Å². The first-order chi connectivity index (χ1) is 9.44. The molecule has 1 saturated heterocycles. The zero-order valence-electron chi connectivity index (χ0n) is 12.2. The second kappa shape index (κ2) is 6.24. The first-order valence-electron chi connectivity index (χ1n) is 7.26. The molecule has 2 aliphatic rings. The van der Waals surface area contributed by atoms with E-state index in [0.717, 1.165) is 19.3 Å². The van der Waals surface area contributed by atoms with Gasteiger partial charge in [0.1, 0.15) is 0 Å². The van der Waals surface area contributed by atoms with Crippen molar-refractivity contribution in [1.82, 2.24) is 10.2 Å². The molecular weight excluding hydrogens is 276 g/mol. The molecule has 0 radical (unpaired) electrons. The van der Waals surface area contributed by atoms with Crippen molar-refractivity contribution in [1.29, 1.82) is 0 Å². The maximum absolute atomic E-state index is 12.2. The Bertz CT molecular complexity index is 391. The number of nitrogens with one attached hydrogen (secondary N) is 1. The summed E-state index contributed by atoms with van der Waals surface area (Å²) in [4.78, 5) is 25.1. The largest absolute Gasteiger partial charge is 0.481 e. The number of likely N-dealkylation sites (tertiary alicyclic amines) is 1. The summed E-state index contributed by atoms with van der Waals surface area (Å²) in [6, 6.07) is 0.145. The summed E-state index contributed by atoms with van der Waals surface area (Å²) in [5.41, 5.74) is -0.786. The minimum atomic E-state index is -0.812. The number of hydrogen-bond donors (Lipinski definition) is 2.